The minimum absolute atomic E-state index is 0.109. The summed E-state index contributed by atoms with van der Waals surface area (Å²) < 4.78 is 22.1. The molecule has 1 saturated heterocycles. The smallest absolute Gasteiger partial charge is 0.147 e. The molecule has 0 aromatic rings. The molecule has 15 heavy (non-hydrogen) atoms. The predicted octanol–water partition coefficient (Wildman–Crippen LogP) is 0.102. The van der Waals surface area contributed by atoms with Crippen molar-refractivity contribution in [3.8, 4) is 0 Å². The van der Waals surface area contributed by atoms with Crippen LogP contribution in [-0.4, -0.2) is 49.0 Å². The summed E-state index contributed by atoms with van der Waals surface area (Å²) in [5.74, 6) is 9.05. The van der Waals surface area contributed by atoms with E-state index in [2.05, 4.69) is 5.43 Å². The van der Waals surface area contributed by atoms with Gasteiger partial charge in [0.25, 0.3) is 0 Å². The third kappa shape index (κ3) is 5.44. The largest absolute Gasteiger partial charge is 0.271 e. The zero-order chi connectivity index (χ0) is 11.3. The van der Waals surface area contributed by atoms with Gasteiger partial charge in [-0.1, -0.05) is 0 Å². The van der Waals surface area contributed by atoms with Crippen molar-refractivity contribution in [2.45, 2.75) is 17.7 Å². The van der Waals surface area contributed by atoms with Gasteiger partial charge in [-0.2, -0.15) is 23.5 Å². The lowest BCUT2D eigenvalue weighted by atomic mass is 10.2. The number of thioether (sulfide) groups is 2. The van der Waals surface area contributed by atoms with Crippen LogP contribution in [0.2, 0.25) is 0 Å². The van der Waals surface area contributed by atoms with Crippen molar-refractivity contribution in [2.24, 2.45) is 5.84 Å². The Morgan fingerprint density at radius 2 is 2.27 bits per heavy atom. The third-order valence-corrected chi connectivity index (χ3v) is 6.20. The van der Waals surface area contributed by atoms with E-state index in [0.717, 1.165) is 11.5 Å². The summed E-state index contributed by atoms with van der Waals surface area (Å²) in [5, 5.41) is 0.440. The molecule has 0 aromatic carbocycles. The number of hydrogen-bond acceptors (Lipinski definition) is 6. The van der Waals surface area contributed by atoms with E-state index in [9.17, 15) is 8.42 Å². The molecule has 4 nitrogen and oxygen atoms in total. The third-order valence-electron chi connectivity index (χ3n) is 2.30. The van der Waals surface area contributed by atoms with Crippen molar-refractivity contribution in [3.63, 3.8) is 0 Å². The van der Waals surface area contributed by atoms with E-state index in [1.807, 2.05) is 23.5 Å². The topological polar surface area (TPSA) is 72.2 Å². The highest BCUT2D eigenvalue weighted by Gasteiger charge is 2.24. The second kappa shape index (κ2) is 6.34. The highest BCUT2D eigenvalue weighted by atomic mass is 32.2. The van der Waals surface area contributed by atoms with E-state index in [1.54, 1.807) is 0 Å². The number of sulfone groups is 1. The summed E-state index contributed by atoms with van der Waals surface area (Å²) in [6.07, 6.45) is 1.87. The summed E-state index contributed by atoms with van der Waals surface area (Å²) in [7, 11) is -2.88. The molecule has 2 unspecified atom stereocenters. The Kier molecular flexibility index (Phi) is 5.76. The summed E-state index contributed by atoms with van der Waals surface area (Å²) >= 11 is 3.80. The summed E-state index contributed by atoms with van der Waals surface area (Å²) in [5.41, 5.74) is 2.75. The Labute approximate surface area is 100 Å². The molecule has 0 radical (unpaired) electrons. The number of nitrogens with two attached hydrogens (primary N) is 1. The van der Waals surface area contributed by atoms with Gasteiger partial charge in [0.15, 0.2) is 0 Å². The van der Waals surface area contributed by atoms with Gasteiger partial charge in [0.05, 0.1) is 5.75 Å². The normalized spacial score (nSPS) is 25.1. The van der Waals surface area contributed by atoms with E-state index >= 15 is 0 Å². The second-order valence-electron chi connectivity index (χ2n) is 3.68. The van der Waals surface area contributed by atoms with E-state index in [1.165, 1.54) is 12.0 Å². The quantitative estimate of drug-likeness (QED) is 0.545. The Hall–Kier alpha value is 0.570. The number of rotatable bonds is 5. The summed E-state index contributed by atoms with van der Waals surface area (Å²) in [6, 6.07) is 0.109. The molecule has 0 bridgehead atoms. The van der Waals surface area contributed by atoms with Crippen LogP contribution in [0, 0.1) is 0 Å². The lowest BCUT2D eigenvalue weighted by Crippen LogP contribution is -2.45. The Balaban J connectivity index is 2.40. The number of nitrogens with one attached hydrogen (secondary N) is 1. The van der Waals surface area contributed by atoms with E-state index in [-0.39, 0.29) is 11.8 Å². The molecule has 3 N–H and O–H groups in total. The fraction of sp³-hybridized carbons (Fsp3) is 1.00. The van der Waals surface area contributed by atoms with E-state index in [4.69, 9.17) is 5.84 Å². The van der Waals surface area contributed by atoms with Gasteiger partial charge in [-0.25, -0.2) is 8.42 Å². The first-order valence-electron chi connectivity index (χ1n) is 4.86. The van der Waals surface area contributed by atoms with Gasteiger partial charge >= 0.3 is 0 Å². The van der Waals surface area contributed by atoms with Gasteiger partial charge in [0.2, 0.25) is 0 Å². The Morgan fingerprint density at radius 3 is 2.73 bits per heavy atom. The lowest BCUT2D eigenvalue weighted by molar-refractivity contribution is 0.508. The van der Waals surface area contributed by atoms with Crippen LogP contribution in [0.15, 0.2) is 0 Å². The van der Waals surface area contributed by atoms with Crippen molar-refractivity contribution in [3.05, 3.63) is 0 Å². The average Bonchev–Trinajstić information content (AvgIpc) is 2.19. The maximum absolute atomic E-state index is 11.1. The molecule has 1 rings (SSSR count). The van der Waals surface area contributed by atoms with Crippen LogP contribution in [0.3, 0.4) is 0 Å². The van der Waals surface area contributed by atoms with Crippen LogP contribution < -0.4 is 11.3 Å². The van der Waals surface area contributed by atoms with Gasteiger partial charge < -0.3 is 0 Å². The molecule has 0 aliphatic carbocycles. The fourth-order valence-electron chi connectivity index (χ4n) is 1.46. The highest BCUT2D eigenvalue weighted by molar-refractivity contribution is 8.06. The first-order chi connectivity index (χ1) is 7.03. The average molecular weight is 270 g/mol. The van der Waals surface area contributed by atoms with Crippen LogP contribution in [0.1, 0.15) is 6.42 Å². The molecule has 1 aliphatic rings. The van der Waals surface area contributed by atoms with Crippen molar-refractivity contribution >= 4 is 33.4 Å². The van der Waals surface area contributed by atoms with Crippen LogP contribution in [0.5, 0.6) is 0 Å². The molecule has 2 atom stereocenters. The van der Waals surface area contributed by atoms with Gasteiger partial charge in [-0.15, -0.1) is 0 Å². The molecule has 0 aromatic heterocycles. The zero-order valence-electron chi connectivity index (χ0n) is 8.81. The fourth-order valence-corrected chi connectivity index (χ4v) is 5.05. The standard InChI is InChI=1S/C8H18N2O2S3/c1-15(11,12)5-2-7(10-9)8-6-13-3-4-14-8/h7-8,10H,2-6,9H2,1H3. The lowest BCUT2D eigenvalue weighted by Gasteiger charge is -2.28. The van der Waals surface area contributed by atoms with Crippen LogP contribution in [0.25, 0.3) is 0 Å². The molecule has 1 fully saturated rings. The Morgan fingerprint density at radius 1 is 1.53 bits per heavy atom. The van der Waals surface area contributed by atoms with Gasteiger partial charge in [0.1, 0.15) is 9.84 Å². The monoisotopic (exact) mass is 270 g/mol. The highest BCUT2D eigenvalue weighted by Crippen LogP contribution is 2.27. The minimum Gasteiger partial charge on any atom is -0.271 e. The molecular formula is C8H18N2O2S3. The second-order valence-corrected chi connectivity index (χ2v) is 8.43. The van der Waals surface area contributed by atoms with Crippen molar-refractivity contribution < 1.29 is 8.42 Å². The number of hydrazine groups is 1. The zero-order valence-corrected chi connectivity index (χ0v) is 11.3. The van der Waals surface area contributed by atoms with Crippen molar-refractivity contribution in [1.82, 2.24) is 5.43 Å². The van der Waals surface area contributed by atoms with Gasteiger partial charge in [0, 0.05) is 34.8 Å². The molecule has 7 heteroatoms. The van der Waals surface area contributed by atoms with Crippen molar-refractivity contribution in [2.75, 3.05) is 29.3 Å². The summed E-state index contributed by atoms with van der Waals surface area (Å²) in [6.45, 7) is 0. The maximum Gasteiger partial charge on any atom is 0.147 e. The molecular weight excluding hydrogens is 252 g/mol. The molecule has 1 heterocycles. The first kappa shape index (κ1) is 13.6. The van der Waals surface area contributed by atoms with E-state index < -0.39 is 9.84 Å². The molecule has 90 valence electrons. The van der Waals surface area contributed by atoms with Gasteiger partial charge in [-0.3, -0.25) is 11.3 Å². The summed E-state index contributed by atoms with van der Waals surface area (Å²) in [4.78, 5) is 0. The predicted molar refractivity (Wildman–Crippen MR) is 69.0 cm³/mol. The van der Waals surface area contributed by atoms with E-state index in [0.29, 0.717) is 11.7 Å². The van der Waals surface area contributed by atoms with Gasteiger partial charge in [-0.05, 0) is 6.42 Å². The molecule has 0 amide bonds. The first-order valence-corrected chi connectivity index (χ1v) is 9.12. The van der Waals surface area contributed by atoms with Crippen LogP contribution >= 0.6 is 23.5 Å². The van der Waals surface area contributed by atoms with Crippen LogP contribution in [-0.2, 0) is 9.84 Å². The Bertz CT molecular complexity index is 276. The molecule has 0 saturated carbocycles. The minimum atomic E-state index is -2.88. The molecule has 0 spiro atoms. The SMILES string of the molecule is CS(=O)(=O)CCC(NN)C1CSCCS1. The van der Waals surface area contributed by atoms with Crippen molar-refractivity contribution in [1.29, 1.82) is 0 Å². The molecule has 1 aliphatic heterocycles. The van der Waals surface area contributed by atoms with Crippen LogP contribution in [0.4, 0.5) is 0 Å². The maximum atomic E-state index is 11.1. The number of hydrogen-bond donors (Lipinski definition) is 2.